The minimum atomic E-state index is -0.474. The summed E-state index contributed by atoms with van der Waals surface area (Å²) in [6.45, 7) is 4.07. The lowest BCUT2D eigenvalue weighted by Gasteiger charge is -2.10. The number of aliphatic hydroxyl groups excluding tert-OH is 1. The molecule has 0 radical (unpaired) electrons. The first-order chi connectivity index (χ1) is 13.0. The Morgan fingerprint density at radius 3 is 2.89 bits per heavy atom. The summed E-state index contributed by atoms with van der Waals surface area (Å²) in [4.78, 5) is 21.1. The number of aryl methyl sites for hydroxylation is 1. The highest BCUT2D eigenvalue weighted by Crippen LogP contribution is 2.26. The molecule has 27 heavy (non-hydrogen) atoms. The van der Waals surface area contributed by atoms with Crippen molar-refractivity contribution in [2.45, 2.75) is 38.8 Å². The number of rotatable bonds is 6. The minimum absolute atomic E-state index is 0.00602. The highest BCUT2D eigenvalue weighted by Gasteiger charge is 2.24. The fraction of sp³-hybridized carbons (Fsp3) is 0.350. The third-order valence-corrected chi connectivity index (χ3v) is 4.67. The quantitative estimate of drug-likeness (QED) is 0.624. The van der Waals surface area contributed by atoms with Gasteiger partial charge in [0.25, 0.3) is 5.91 Å². The number of fused-ring (bicyclic) bond motifs is 1. The molecule has 1 aliphatic rings. The van der Waals surface area contributed by atoms with Crippen molar-refractivity contribution in [2.24, 2.45) is 0 Å². The highest BCUT2D eigenvalue weighted by atomic mass is 16.3. The SMILES string of the molecule is Cc1cc(-c2cnc3c(NCC(C)O)nccn23)ccc1C(=O)NC1CC1. The van der Waals surface area contributed by atoms with Gasteiger partial charge in [0.05, 0.1) is 18.0 Å². The van der Waals surface area contributed by atoms with Crippen LogP contribution < -0.4 is 10.6 Å². The van der Waals surface area contributed by atoms with Crippen molar-refractivity contribution in [3.63, 3.8) is 0 Å². The molecular weight excluding hydrogens is 342 g/mol. The summed E-state index contributed by atoms with van der Waals surface area (Å²) < 4.78 is 1.95. The average molecular weight is 365 g/mol. The molecule has 1 atom stereocenters. The Balaban J connectivity index is 1.65. The number of anilines is 1. The van der Waals surface area contributed by atoms with E-state index in [-0.39, 0.29) is 5.91 Å². The molecule has 0 aliphatic heterocycles. The molecule has 1 aromatic carbocycles. The Morgan fingerprint density at radius 1 is 1.37 bits per heavy atom. The van der Waals surface area contributed by atoms with Crippen molar-refractivity contribution in [1.82, 2.24) is 19.7 Å². The van der Waals surface area contributed by atoms with Crippen LogP contribution in [0.2, 0.25) is 0 Å². The lowest BCUT2D eigenvalue weighted by atomic mass is 10.0. The number of nitrogens with zero attached hydrogens (tertiary/aromatic N) is 3. The number of nitrogens with one attached hydrogen (secondary N) is 2. The van der Waals surface area contributed by atoms with Crippen molar-refractivity contribution >= 4 is 17.4 Å². The van der Waals surface area contributed by atoms with Gasteiger partial charge >= 0.3 is 0 Å². The van der Waals surface area contributed by atoms with Gasteiger partial charge in [0.1, 0.15) is 0 Å². The number of carbonyl (C=O) groups excluding carboxylic acids is 1. The van der Waals surface area contributed by atoms with Crippen LogP contribution in [0.5, 0.6) is 0 Å². The molecule has 3 aromatic rings. The van der Waals surface area contributed by atoms with E-state index in [1.54, 1.807) is 19.3 Å². The molecule has 1 aliphatic carbocycles. The van der Waals surface area contributed by atoms with Crippen molar-refractivity contribution in [3.05, 3.63) is 47.9 Å². The molecule has 1 saturated carbocycles. The summed E-state index contributed by atoms with van der Waals surface area (Å²) in [6, 6.07) is 6.17. The topological polar surface area (TPSA) is 91.6 Å². The van der Waals surface area contributed by atoms with Crippen LogP contribution in [-0.4, -0.2) is 44.1 Å². The predicted octanol–water partition coefficient (Wildman–Crippen LogP) is 2.39. The maximum absolute atomic E-state index is 12.3. The number of hydrogen-bond acceptors (Lipinski definition) is 5. The third kappa shape index (κ3) is 3.64. The summed E-state index contributed by atoms with van der Waals surface area (Å²) in [5, 5.41) is 15.6. The summed E-state index contributed by atoms with van der Waals surface area (Å²) in [5.74, 6) is 0.621. The summed E-state index contributed by atoms with van der Waals surface area (Å²) in [7, 11) is 0. The molecule has 7 heteroatoms. The van der Waals surface area contributed by atoms with Crippen LogP contribution >= 0.6 is 0 Å². The fourth-order valence-electron chi connectivity index (χ4n) is 3.07. The average Bonchev–Trinajstić information content (AvgIpc) is 3.34. The van der Waals surface area contributed by atoms with Crippen LogP contribution in [0.3, 0.4) is 0 Å². The van der Waals surface area contributed by atoms with E-state index >= 15 is 0 Å². The normalized spacial score (nSPS) is 14.9. The van der Waals surface area contributed by atoms with Gasteiger partial charge in [-0.25, -0.2) is 9.97 Å². The maximum Gasteiger partial charge on any atom is 0.251 e. The maximum atomic E-state index is 12.3. The molecule has 7 nitrogen and oxygen atoms in total. The smallest absolute Gasteiger partial charge is 0.251 e. The molecule has 140 valence electrons. The van der Waals surface area contributed by atoms with E-state index in [0.29, 0.717) is 29.6 Å². The zero-order chi connectivity index (χ0) is 19.0. The second-order valence-electron chi connectivity index (χ2n) is 7.12. The second kappa shape index (κ2) is 7.00. The molecule has 3 N–H and O–H groups in total. The van der Waals surface area contributed by atoms with Crippen LogP contribution in [0.25, 0.3) is 16.9 Å². The molecule has 0 bridgehead atoms. The number of aliphatic hydroxyl groups is 1. The van der Waals surface area contributed by atoms with Gasteiger partial charge in [0.15, 0.2) is 11.5 Å². The number of carbonyl (C=O) groups is 1. The largest absolute Gasteiger partial charge is 0.392 e. The zero-order valence-electron chi connectivity index (χ0n) is 15.4. The van der Waals surface area contributed by atoms with Gasteiger partial charge in [0, 0.05) is 36.1 Å². The lowest BCUT2D eigenvalue weighted by molar-refractivity contribution is 0.0950. The van der Waals surface area contributed by atoms with Gasteiger partial charge < -0.3 is 15.7 Å². The van der Waals surface area contributed by atoms with Crippen LogP contribution in [0.1, 0.15) is 35.7 Å². The molecule has 2 aromatic heterocycles. The van der Waals surface area contributed by atoms with Gasteiger partial charge in [-0.15, -0.1) is 0 Å². The Labute approximate surface area is 157 Å². The number of hydrogen-bond donors (Lipinski definition) is 3. The van der Waals surface area contributed by atoms with Gasteiger partial charge in [-0.1, -0.05) is 6.07 Å². The molecule has 0 spiro atoms. The molecule has 0 saturated heterocycles. The Hall–Kier alpha value is -2.93. The van der Waals surface area contributed by atoms with Crippen LogP contribution in [-0.2, 0) is 0 Å². The standard InChI is InChI=1S/C20H23N5O2/c1-12-9-14(3-6-16(12)20(27)24-15-4-5-15)17-11-23-19-18(22-10-13(2)26)21-7-8-25(17)19/h3,6-9,11,13,15,26H,4-5,10H2,1-2H3,(H,21,22)(H,24,27). The molecule has 1 fully saturated rings. The van der Waals surface area contributed by atoms with Crippen LogP contribution in [0.15, 0.2) is 36.8 Å². The Morgan fingerprint density at radius 2 is 2.19 bits per heavy atom. The highest BCUT2D eigenvalue weighted by molar-refractivity contribution is 5.96. The van der Waals surface area contributed by atoms with E-state index in [0.717, 1.165) is 29.7 Å². The van der Waals surface area contributed by atoms with Crippen LogP contribution in [0, 0.1) is 6.92 Å². The van der Waals surface area contributed by atoms with Crippen molar-refractivity contribution in [1.29, 1.82) is 0 Å². The molecular formula is C20H23N5O2. The molecule has 1 unspecified atom stereocenters. The fourth-order valence-corrected chi connectivity index (χ4v) is 3.07. The Bertz CT molecular complexity index is 991. The van der Waals surface area contributed by atoms with E-state index in [9.17, 15) is 9.90 Å². The van der Waals surface area contributed by atoms with E-state index in [1.165, 1.54) is 0 Å². The van der Waals surface area contributed by atoms with E-state index < -0.39 is 6.10 Å². The van der Waals surface area contributed by atoms with E-state index in [4.69, 9.17) is 0 Å². The van der Waals surface area contributed by atoms with Gasteiger partial charge in [-0.3, -0.25) is 9.20 Å². The number of aromatic nitrogens is 3. The van der Waals surface area contributed by atoms with Gasteiger partial charge in [-0.2, -0.15) is 0 Å². The van der Waals surface area contributed by atoms with Crippen LogP contribution in [0.4, 0.5) is 5.82 Å². The minimum Gasteiger partial charge on any atom is -0.392 e. The monoisotopic (exact) mass is 365 g/mol. The molecule has 1 amide bonds. The number of imidazole rings is 1. The zero-order valence-corrected chi connectivity index (χ0v) is 15.4. The first kappa shape index (κ1) is 17.5. The number of benzene rings is 1. The molecule has 4 rings (SSSR count). The molecule has 2 heterocycles. The van der Waals surface area contributed by atoms with Crippen molar-refractivity contribution < 1.29 is 9.90 Å². The van der Waals surface area contributed by atoms with Crippen molar-refractivity contribution in [3.8, 4) is 11.3 Å². The summed E-state index contributed by atoms with van der Waals surface area (Å²) in [6.07, 6.45) is 7.03. The van der Waals surface area contributed by atoms with Gasteiger partial charge in [0.2, 0.25) is 0 Å². The number of amides is 1. The first-order valence-electron chi connectivity index (χ1n) is 9.19. The van der Waals surface area contributed by atoms with Gasteiger partial charge in [-0.05, 0) is 44.4 Å². The van der Waals surface area contributed by atoms with E-state index in [1.807, 2.05) is 35.7 Å². The second-order valence-corrected chi connectivity index (χ2v) is 7.12. The van der Waals surface area contributed by atoms with Crippen molar-refractivity contribution in [2.75, 3.05) is 11.9 Å². The Kier molecular flexibility index (Phi) is 4.53. The lowest BCUT2D eigenvalue weighted by Crippen LogP contribution is -2.26. The predicted molar refractivity (Wildman–Crippen MR) is 104 cm³/mol. The third-order valence-electron chi connectivity index (χ3n) is 4.67. The van der Waals surface area contributed by atoms with E-state index in [2.05, 4.69) is 20.6 Å². The summed E-state index contributed by atoms with van der Waals surface area (Å²) in [5.41, 5.74) is 4.24. The first-order valence-corrected chi connectivity index (χ1v) is 9.19. The summed E-state index contributed by atoms with van der Waals surface area (Å²) >= 11 is 0.